The van der Waals surface area contributed by atoms with Crippen LogP contribution in [0.3, 0.4) is 0 Å². The maximum Gasteiger partial charge on any atom is 0.136 e. The SMILES string of the molecule is C=C(/C=C(\C)c1ccc2c(c1)oc1ccccc12)c1ccc(-c2ccccc2)cc1.C=C(C)c1cccc(-c2ccc(-c3ccccc3)cc2)c1.CC.CC.CC.CCC. The summed E-state index contributed by atoms with van der Waals surface area (Å²) < 4.78 is 6.04. The normalized spacial score (nSPS) is 10.1. The van der Waals surface area contributed by atoms with Gasteiger partial charge in [-0.15, -0.1) is 0 Å². The molecule has 8 rings (SSSR count). The Hall–Kier alpha value is -6.44. The van der Waals surface area contributed by atoms with Gasteiger partial charge in [-0.3, -0.25) is 0 Å². The van der Waals surface area contributed by atoms with E-state index in [-0.39, 0.29) is 0 Å². The molecule has 8 aromatic rings. The summed E-state index contributed by atoms with van der Waals surface area (Å²) in [7, 11) is 0. The van der Waals surface area contributed by atoms with Gasteiger partial charge >= 0.3 is 0 Å². The summed E-state index contributed by atoms with van der Waals surface area (Å²) in [6.07, 6.45) is 3.39. The van der Waals surface area contributed by atoms with Crippen LogP contribution in [-0.2, 0) is 0 Å². The number of hydrogen-bond donors (Lipinski definition) is 0. The predicted octanol–water partition coefficient (Wildman–Crippen LogP) is 18.9. The Morgan fingerprint density at radius 2 is 0.833 bits per heavy atom. The van der Waals surface area contributed by atoms with Crippen LogP contribution in [0.2, 0.25) is 0 Å². The summed E-state index contributed by atoms with van der Waals surface area (Å²) >= 11 is 0. The average molecular weight is 791 g/mol. The number of para-hydroxylation sites is 1. The molecule has 0 aliphatic rings. The van der Waals surface area contributed by atoms with Gasteiger partial charge in [-0.25, -0.2) is 0 Å². The van der Waals surface area contributed by atoms with Crippen molar-refractivity contribution in [3.8, 4) is 33.4 Å². The fourth-order valence-electron chi connectivity index (χ4n) is 6.36. The highest BCUT2D eigenvalue weighted by molar-refractivity contribution is 6.05. The monoisotopic (exact) mass is 791 g/mol. The Morgan fingerprint density at radius 1 is 0.417 bits per heavy atom. The molecular formula is C59H66O. The van der Waals surface area contributed by atoms with Crippen molar-refractivity contribution in [2.45, 2.75) is 75.7 Å². The zero-order valence-corrected chi connectivity index (χ0v) is 37.9. The average Bonchev–Trinajstić information content (AvgIpc) is 3.70. The quantitative estimate of drug-likeness (QED) is 0.147. The van der Waals surface area contributed by atoms with Gasteiger partial charge in [-0.2, -0.15) is 0 Å². The molecule has 1 heterocycles. The summed E-state index contributed by atoms with van der Waals surface area (Å²) in [4.78, 5) is 0. The van der Waals surface area contributed by atoms with Crippen LogP contribution < -0.4 is 0 Å². The molecule has 0 amide bonds. The lowest BCUT2D eigenvalue weighted by Gasteiger charge is -2.07. The van der Waals surface area contributed by atoms with Gasteiger partial charge in [0.25, 0.3) is 0 Å². The highest BCUT2D eigenvalue weighted by Crippen LogP contribution is 2.32. The Labute approximate surface area is 362 Å². The number of rotatable bonds is 7. The van der Waals surface area contributed by atoms with Crippen molar-refractivity contribution in [3.05, 3.63) is 212 Å². The molecule has 0 N–H and O–H groups in total. The molecule has 7 aromatic carbocycles. The van der Waals surface area contributed by atoms with Gasteiger partial charge in [0.1, 0.15) is 11.2 Å². The molecule has 1 nitrogen and oxygen atoms in total. The molecule has 0 aliphatic carbocycles. The van der Waals surface area contributed by atoms with Crippen molar-refractivity contribution in [1.82, 2.24) is 0 Å². The number of benzene rings is 7. The minimum Gasteiger partial charge on any atom is -0.456 e. The van der Waals surface area contributed by atoms with E-state index >= 15 is 0 Å². The van der Waals surface area contributed by atoms with Crippen LogP contribution in [0.1, 0.15) is 92.3 Å². The van der Waals surface area contributed by atoms with Crippen molar-refractivity contribution >= 4 is 38.7 Å². The Balaban J connectivity index is 0.000000281. The first-order valence-electron chi connectivity index (χ1n) is 21.7. The number of furan rings is 1. The number of hydrogen-bond acceptors (Lipinski definition) is 1. The van der Waals surface area contributed by atoms with E-state index < -0.39 is 0 Å². The van der Waals surface area contributed by atoms with Gasteiger partial charge in [-0.05, 0) is 99.3 Å². The first-order valence-corrected chi connectivity index (χ1v) is 21.7. The molecule has 0 unspecified atom stereocenters. The van der Waals surface area contributed by atoms with Crippen LogP contribution in [0, 0.1) is 0 Å². The highest BCUT2D eigenvalue weighted by atomic mass is 16.3. The van der Waals surface area contributed by atoms with Crippen molar-refractivity contribution in [3.63, 3.8) is 0 Å². The highest BCUT2D eigenvalue weighted by Gasteiger charge is 2.08. The molecule has 308 valence electrons. The second kappa shape index (κ2) is 25.8. The van der Waals surface area contributed by atoms with Gasteiger partial charge in [0, 0.05) is 10.8 Å². The molecule has 60 heavy (non-hydrogen) atoms. The third-order valence-corrected chi connectivity index (χ3v) is 9.27. The first-order chi connectivity index (χ1) is 29.3. The second-order valence-corrected chi connectivity index (χ2v) is 13.6. The Morgan fingerprint density at radius 3 is 1.37 bits per heavy atom. The van der Waals surface area contributed by atoms with E-state index in [1.54, 1.807) is 0 Å². The van der Waals surface area contributed by atoms with E-state index in [4.69, 9.17) is 4.42 Å². The van der Waals surface area contributed by atoms with E-state index in [1.807, 2.05) is 78.8 Å². The molecular weight excluding hydrogens is 725 g/mol. The minimum absolute atomic E-state index is 0.916. The summed E-state index contributed by atoms with van der Waals surface area (Å²) in [6.45, 7) is 28.7. The lowest BCUT2D eigenvalue weighted by molar-refractivity contribution is 0.669. The molecule has 0 saturated carbocycles. The summed E-state index contributed by atoms with van der Waals surface area (Å²) in [5, 5.41) is 2.31. The van der Waals surface area contributed by atoms with Crippen molar-refractivity contribution in [2.75, 3.05) is 0 Å². The maximum absolute atomic E-state index is 6.04. The zero-order valence-electron chi connectivity index (χ0n) is 37.9. The Bertz CT molecular complexity index is 2490. The fourth-order valence-corrected chi connectivity index (χ4v) is 6.36. The maximum atomic E-state index is 6.04. The van der Waals surface area contributed by atoms with Crippen LogP contribution in [0.4, 0.5) is 0 Å². The number of allylic oxidation sites excluding steroid dienone is 4. The van der Waals surface area contributed by atoms with E-state index in [1.165, 1.54) is 45.4 Å². The third kappa shape index (κ3) is 13.3. The molecule has 1 heteroatoms. The topological polar surface area (TPSA) is 13.1 Å². The van der Waals surface area contributed by atoms with Gasteiger partial charge in [0.2, 0.25) is 0 Å². The molecule has 1 aromatic heterocycles. The molecule has 0 bridgehead atoms. The molecule has 0 fully saturated rings. The van der Waals surface area contributed by atoms with E-state index in [0.29, 0.717) is 0 Å². The van der Waals surface area contributed by atoms with Gasteiger partial charge in [0.05, 0.1) is 0 Å². The van der Waals surface area contributed by atoms with Crippen molar-refractivity contribution in [2.24, 2.45) is 0 Å². The summed E-state index contributed by atoms with van der Waals surface area (Å²) in [5.74, 6) is 0. The van der Waals surface area contributed by atoms with Crippen LogP contribution >= 0.6 is 0 Å². The van der Waals surface area contributed by atoms with E-state index in [2.05, 4.69) is 186 Å². The van der Waals surface area contributed by atoms with E-state index in [9.17, 15) is 0 Å². The summed E-state index contributed by atoms with van der Waals surface area (Å²) in [5.41, 5.74) is 16.0. The third-order valence-electron chi connectivity index (χ3n) is 9.27. The second-order valence-electron chi connectivity index (χ2n) is 13.6. The number of fused-ring (bicyclic) bond motifs is 3. The first kappa shape index (κ1) is 47.9. The molecule has 0 atom stereocenters. The zero-order chi connectivity index (χ0) is 43.9. The molecule has 0 aliphatic heterocycles. The fraction of sp³-hybridized carbons (Fsp3) is 0.186. The van der Waals surface area contributed by atoms with Crippen LogP contribution in [0.5, 0.6) is 0 Å². The minimum atomic E-state index is 0.916. The van der Waals surface area contributed by atoms with Crippen molar-refractivity contribution in [1.29, 1.82) is 0 Å². The van der Waals surface area contributed by atoms with Crippen LogP contribution in [0.15, 0.2) is 200 Å². The van der Waals surface area contributed by atoms with E-state index in [0.717, 1.165) is 49.8 Å². The lowest BCUT2D eigenvalue weighted by atomic mass is 9.98. The van der Waals surface area contributed by atoms with Gasteiger partial charge < -0.3 is 4.42 Å². The van der Waals surface area contributed by atoms with Crippen LogP contribution in [0.25, 0.3) is 72.0 Å². The van der Waals surface area contributed by atoms with Gasteiger partial charge in [-0.1, -0.05) is 238 Å². The largest absolute Gasteiger partial charge is 0.456 e. The Kier molecular flexibility index (Phi) is 20.6. The molecule has 0 radical (unpaired) electrons. The van der Waals surface area contributed by atoms with Crippen LogP contribution in [-0.4, -0.2) is 0 Å². The molecule has 0 spiro atoms. The standard InChI is InChI=1S/C29H22O.C21H18.C3H8.3C2H6/c1-20(22-12-14-24(15-13-22)23-8-4-3-5-9-23)18-21(2)25-16-17-27-26-10-6-7-11-28(26)30-29(27)19-25;1-16(2)20-9-6-10-21(15-20)19-13-11-18(12-14-19)17-7-4-3-5-8-17;1-3-2;3*1-2/h3-19H,1H2,2H3;3-15H,1H2,2H3;3H2,1-2H3;3*1-2H3/b21-18+;;;;;. The van der Waals surface area contributed by atoms with Gasteiger partial charge in [0.15, 0.2) is 0 Å². The summed E-state index contributed by atoms with van der Waals surface area (Å²) in [6, 6.07) is 61.3. The lowest BCUT2D eigenvalue weighted by Crippen LogP contribution is -1.84. The van der Waals surface area contributed by atoms with Crippen molar-refractivity contribution < 1.29 is 4.42 Å². The smallest absolute Gasteiger partial charge is 0.136 e. The predicted molar refractivity (Wildman–Crippen MR) is 270 cm³/mol. The molecule has 0 saturated heterocycles.